The molecule has 1 aromatic carbocycles. The summed E-state index contributed by atoms with van der Waals surface area (Å²) in [5.41, 5.74) is 2.01. The molecule has 0 amide bonds. The Hall–Kier alpha value is -1.84. The number of aryl methyl sites for hydroxylation is 3. The van der Waals surface area contributed by atoms with Gasteiger partial charge in [-0.3, -0.25) is 0 Å². The second kappa shape index (κ2) is 6.36. The summed E-state index contributed by atoms with van der Waals surface area (Å²) in [6.45, 7) is 5.82. The molecule has 0 aliphatic rings. The van der Waals surface area contributed by atoms with Crippen LogP contribution in [0.3, 0.4) is 0 Å². The second-order valence-corrected chi connectivity index (χ2v) is 4.71. The van der Waals surface area contributed by atoms with Gasteiger partial charge in [-0.05, 0) is 37.5 Å². The molecule has 0 radical (unpaired) electrons. The molecular weight excluding hydrogens is 241 g/mol. The maximum atomic E-state index is 13.1. The van der Waals surface area contributed by atoms with Gasteiger partial charge in [-0.1, -0.05) is 19.1 Å². The van der Waals surface area contributed by atoms with E-state index in [9.17, 15) is 4.39 Å². The van der Waals surface area contributed by atoms with Crippen molar-refractivity contribution in [2.45, 2.75) is 33.2 Å². The minimum Gasteiger partial charge on any atom is -0.356 e. The summed E-state index contributed by atoms with van der Waals surface area (Å²) in [4.78, 5) is 4.46. The van der Waals surface area contributed by atoms with Crippen molar-refractivity contribution >= 4 is 5.95 Å². The van der Waals surface area contributed by atoms with E-state index in [0.29, 0.717) is 0 Å². The Balaban J connectivity index is 2.02. The van der Waals surface area contributed by atoms with Crippen molar-refractivity contribution < 1.29 is 4.39 Å². The zero-order chi connectivity index (χ0) is 13.7. The molecule has 0 saturated carbocycles. The van der Waals surface area contributed by atoms with Crippen molar-refractivity contribution in [3.05, 3.63) is 47.5 Å². The lowest BCUT2D eigenvalue weighted by Crippen LogP contribution is -2.09. The number of imidazole rings is 1. The molecule has 1 aromatic heterocycles. The van der Waals surface area contributed by atoms with Crippen LogP contribution in [0.25, 0.3) is 0 Å². The maximum Gasteiger partial charge on any atom is 0.203 e. The Morgan fingerprint density at radius 3 is 2.95 bits per heavy atom. The van der Waals surface area contributed by atoms with Crippen molar-refractivity contribution in [3.63, 3.8) is 0 Å². The quantitative estimate of drug-likeness (QED) is 0.863. The van der Waals surface area contributed by atoms with E-state index in [0.717, 1.165) is 43.1 Å². The van der Waals surface area contributed by atoms with Gasteiger partial charge < -0.3 is 9.88 Å². The number of hydrogen-bond donors (Lipinski definition) is 1. The average Bonchev–Trinajstić information content (AvgIpc) is 2.74. The Morgan fingerprint density at radius 2 is 2.21 bits per heavy atom. The molecule has 0 aliphatic heterocycles. The summed E-state index contributed by atoms with van der Waals surface area (Å²) in [7, 11) is 0. The molecular formula is C15H20FN3. The van der Waals surface area contributed by atoms with Gasteiger partial charge in [0.1, 0.15) is 5.82 Å². The molecule has 0 spiro atoms. The topological polar surface area (TPSA) is 29.9 Å². The highest BCUT2D eigenvalue weighted by atomic mass is 19.1. The smallest absolute Gasteiger partial charge is 0.203 e. The van der Waals surface area contributed by atoms with Crippen LogP contribution in [0.4, 0.5) is 10.3 Å². The highest BCUT2D eigenvalue weighted by Crippen LogP contribution is 2.11. The van der Waals surface area contributed by atoms with Gasteiger partial charge in [-0.15, -0.1) is 0 Å². The van der Waals surface area contributed by atoms with Gasteiger partial charge in [-0.25, -0.2) is 9.37 Å². The first kappa shape index (κ1) is 13.6. The summed E-state index contributed by atoms with van der Waals surface area (Å²) in [6.07, 6.45) is 3.89. The standard InChI is InChI=1S/C15H20FN3/c1-3-8-17-15-18-12(2)11-19(15)9-7-13-5-4-6-14(16)10-13/h4-6,10-11H,3,7-9H2,1-2H3,(H,17,18). The Bertz CT molecular complexity index is 534. The van der Waals surface area contributed by atoms with Crippen LogP contribution in [0, 0.1) is 12.7 Å². The normalized spacial score (nSPS) is 10.7. The van der Waals surface area contributed by atoms with E-state index in [-0.39, 0.29) is 5.82 Å². The molecule has 0 unspecified atom stereocenters. The molecule has 0 fully saturated rings. The molecule has 3 nitrogen and oxygen atoms in total. The molecule has 19 heavy (non-hydrogen) atoms. The van der Waals surface area contributed by atoms with E-state index in [1.54, 1.807) is 12.1 Å². The zero-order valence-electron chi connectivity index (χ0n) is 11.5. The van der Waals surface area contributed by atoms with Gasteiger partial charge in [0, 0.05) is 19.3 Å². The van der Waals surface area contributed by atoms with Crippen LogP contribution in [0.5, 0.6) is 0 Å². The van der Waals surface area contributed by atoms with E-state index >= 15 is 0 Å². The van der Waals surface area contributed by atoms with Crippen LogP contribution < -0.4 is 5.32 Å². The van der Waals surface area contributed by atoms with E-state index in [1.807, 2.05) is 19.2 Å². The highest BCUT2D eigenvalue weighted by Gasteiger charge is 2.05. The van der Waals surface area contributed by atoms with E-state index < -0.39 is 0 Å². The number of nitrogens with one attached hydrogen (secondary N) is 1. The maximum absolute atomic E-state index is 13.1. The summed E-state index contributed by atoms with van der Waals surface area (Å²) < 4.78 is 15.2. The number of hydrogen-bond acceptors (Lipinski definition) is 2. The SMILES string of the molecule is CCCNc1nc(C)cn1CCc1cccc(F)c1. The van der Waals surface area contributed by atoms with Crippen molar-refractivity contribution in [2.75, 3.05) is 11.9 Å². The van der Waals surface area contributed by atoms with Crippen molar-refractivity contribution in [3.8, 4) is 0 Å². The summed E-state index contributed by atoms with van der Waals surface area (Å²) in [6, 6.07) is 6.76. The number of anilines is 1. The number of benzene rings is 1. The largest absolute Gasteiger partial charge is 0.356 e. The third-order valence-electron chi connectivity index (χ3n) is 2.96. The number of nitrogens with zero attached hydrogens (tertiary/aromatic N) is 2. The van der Waals surface area contributed by atoms with Gasteiger partial charge in [0.2, 0.25) is 5.95 Å². The molecule has 4 heteroatoms. The Morgan fingerprint density at radius 1 is 1.37 bits per heavy atom. The molecule has 1 N–H and O–H groups in total. The predicted octanol–water partition coefficient (Wildman–Crippen LogP) is 3.40. The summed E-state index contributed by atoms with van der Waals surface area (Å²) in [5.74, 6) is 0.722. The summed E-state index contributed by atoms with van der Waals surface area (Å²) in [5, 5.41) is 3.31. The lowest BCUT2D eigenvalue weighted by Gasteiger charge is -2.09. The van der Waals surface area contributed by atoms with Crippen molar-refractivity contribution in [1.82, 2.24) is 9.55 Å². The minimum atomic E-state index is -0.177. The van der Waals surface area contributed by atoms with E-state index in [4.69, 9.17) is 0 Å². The number of halogens is 1. The van der Waals surface area contributed by atoms with Crippen molar-refractivity contribution in [1.29, 1.82) is 0 Å². The van der Waals surface area contributed by atoms with Gasteiger partial charge in [0.15, 0.2) is 0 Å². The minimum absolute atomic E-state index is 0.177. The van der Waals surface area contributed by atoms with Crippen LogP contribution in [-0.4, -0.2) is 16.1 Å². The highest BCUT2D eigenvalue weighted by molar-refractivity contribution is 5.29. The van der Waals surface area contributed by atoms with Crippen LogP contribution in [0.2, 0.25) is 0 Å². The van der Waals surface area contributed by atoms with Crippen molar-refractivity contribution in [2.24, 2.45) is 0 Å². The molecule has 102 valence electrons. The van der Waals surface area contributed by atoms with Gasteiger partial charge in [0.05, 0.1) is 5.69 Å². The average molecular weight is 261 g/mol. The van der Waals surface area contributed by atoms with Crippen LogP contribution >= 0.6 is 0 Å². The number of aromatic nitrogens is 2. The van der Waals surface area contributed by atoms with Crippen LogP contribution in [-0.2, 0) is 13.0 Å². The third-order valence-corrected chi connectivity index (χ3v) is 2.96. The summed E-state index contributed by atoms with van der Waals surface area (Å²) >= 11 is 0. The first-order chi connectivity index (χ1) is 9.19. The number of rotatable bonds is 6. The first-order valence-corrected chi connectivity index (χ1v) is 6.71. The molecule has 1 heterocycles. The van der Waals surface area contributed by atoms with E-state index in [2.05, 4.69) is 21.8 Å². The molecule has 0 saturated heterocycles. The molecule has 0 bridgehead atoms. The third kappa shape index (κ3) is 3.81. The molecule has 0 aliphatic carbocycles. The zero-order valence-corrected chi connectivity index (χ0v) is 11.5. The second-order valence-electron chi connectivity index (χ2n) is 4.71. The fraction of sp³-hybridized carbons (Fsp3) is 0.400. The van der Waals surface area contributed by atoms with Crippen LogP contribution in [0.15, 0.2) is 30.5 Å². The van der Waals surface area contributed by atoms with E-state index in [1.165, 1.54) is 6.07 Å². The fourth-order valence-corrected chi connectivity index (χ4v) is 2.04. The lowest BCUT2D eigenvalue weighted by atomic mass is 10.1. The lowest BCUT2D eigenvalue weighted by molar-refractivity contribution is 0.622. The monoisotopic (exact) mass is 261 g/mol. The fourth-order valence-electron chi connectivity index (χ4n) is 2.04. The van der Waals surface area contributed by atoms with Gasteiger partial charge in [-0.2, -0.15) is 0 Å². The van der Waals surface area contributed by atoms with Gasteiger partial charge in [0.25, 0.3) is 0 Å². The Kier molecular flexibility index (Phi) is 4.55. The molecule has 2 aromatic rings. The molecule has 0 atom stereocenters. The van der Waals surface area contributed by atoms with Crippen LogP contribution in [0.1, 0.15) is 24.6 Å². The first-order valence-electron chi connectivity index (χ1n) is 6.71. The Labute approximate surface area is 113 Å². The molecule has 2 rings (SSSR count). The van der Waals surface area contributed by atoms with Gasteiger partial charge >= 0.3 is 0 Å². The predicted molar refractivity (Wildman–Crippen MR) is 75.8 cm³/mol.